The van der Waals surface area contributed by atoms with Gasteiger partial charge in [-0.05, 0) is 70.0 Å². The fourth-order valence-electron chi connectivity index (χ4n) is 6.04. The molecule has 248 valence electrons. The summed E-state index contributed by atoms with van der Waals surface area (Å²) in [6.07, 6.45) is 0.968. The third-order valence-electron chi connectivity index (χ3n) is 8.07. The van der Waals surface area contributed by atoms with Crippen LogP contribution >= 0.6 is 23.2 Å². The van der Waals surface area contributed by atoms with E-state index in [4.69, 9.17) is 32.7 Å². The van der Waals surface area contributed by atoms with Gasteiger partial charge in [-0.2, -0.15) is 5.10 Å². The van der Waals surface area contributed by atoms with E-state index in [1.807, 2.05) is 62.5 Å². The molecule has 5 rings (SSSR count). The van der Waals surface area contributed by atoms with Gasteiger partial charge >= 0.3 is 12.1 Å². The summed E-state index contributed by atoms with van der Waals surface area (Å²) in [5, 5.41) is 21.4. The van der Waals surface area contributed by atoms with Gasteiger partial charge in [-0.15, -0.1) is 11.6 Å². The minimum absolute atomic E-state index is 0.161. The molecule has 0 unspecified atom stereocenters. The summed E-state index contributed by atoms with van der Waals surface area (Å²) in [5.74, 6) is -0.0981. The topological polar surface area (TPSA) is 108 Å². The lowest BCUT2D eigenvalue weighted by molar-refractivity contribution is 0.0525. The van der Waals surface area contributed by atoms with Crippen molar-refractivity contribution >= 4 is 56.9 Å². The molecule has 2 aromatic heterocycles. The number of aryl methyl sites for hydroxylation is 3. The summed E-state index contributed by atoms with van der Waals surface area (Å²) >= 11 is 13.3. The molecule has 47 heavy (non-hydrogen) atoms. The van der Waals surface area contributed by atoms with Gasteiger partial charge in [-0.25, -0.2) is 9.59 Å². The molecular weight excluding hydrogens is 639 g/mol. The van der Waals surface area contributed by atoms with E-state index in [1.54, 1.807) is 36.1 Å². The van der Waals surface area contributed by atoms with E-state index in [9.17, 15) is 14.7 Å². The van der Waals surface area contributed by atoms with Crippen molar-refractivity contribution in [3.05, 3.63) is 82.3 Å². The number of benzene rings is 3. The van der Waals surface area contributed by atoms with Crippen molar-refractivity contribution in [2.24, 2.45) is 7.05 Å². The normalized spacial score (nSPS) is 11.7. The van der Waals surface area contributed by atoms with Crippen LogP contribution in [-0.2, 0) is 30.6 Å². The molecule has 0 saturated carbocycles. The molecule has 0 radical (unpaired) electrons. The number of halogens is 2. The predicted molar refractivity (Wildman–Crippen MR) is 187 cm³/mol. The first-order valence-corrected chi connectivity index (χ1v) is 16.6. The van der Waals surface area contributed by atoms with Crippen molar-refractivity contribution in [2.45, 2.75) is 65.0 Å². The highest BCUT2D eigenvalue weighted by atomic mass is 35.5. The van der Waals surface area contributed by atoms with E-state index in [1.165, 1.54) is 0 Å². The number of aromatic nitrogens is 3. The van der Waals surface area contributed by atoms with Crippen LogP contribution in [0, 0.1) is 6.92 Å². The summed E-state index contributed by atoms with van der Waals surface area (Å²) in [4.78, 5) is 25.3. The summed E-state index contributed by atoms with van der Waals surface area (Å²) < 4.78 is 15.1. The van der Waals surface area contributed by atoms with Gasteiger partial charge in [-0.1, -0.05) is 54.1 Å². The highest BCUT2D eigenvalue weighted by Gasteiger charge is 2.28. The Balaban J connectivity index is 1.52. The molecule has 0 aliphatic rings. The molecule has 0 aliphatic carbocycles. The van der Waals surface area contributed by atoms with E-state index in [-0.39, 0.29) is 18.1 Å². The van der Waals surface area contributed by atoms with Gasteiger partial charge in [0.2, 0.25) is 0 Å². The molecule has 3 aromatic carbocycles. The first-order valence-electron chi connectivity index (χ1n) is 15.6. The number of carboxylic acids is 1. The van der Waals surface area contributed by atoms with Gasteiger partial charge in [0, 0.05) is 47.7 Å². The van der Waals surface area contributed by atoms with Crippen LogP contribution in [0.5, 0.6) is 5.75 Å². The van der Waals surface area contributed by atoms with E-state index in [2.05, 4.69) is 10.4 Å². The number of carbonyl (C=O) groups is 2. The molecule has 11 heteroatoms. The zero-order chi connectivity index (χ0) is 33.9. The predicted octanol–water partition coefficient (Wildman–Crippen LogP) is 8.52. The first kappa shape index (κ1) is 34.1. The van der Waals surface area contributed by atoms with Crippen LogP contribution < -0.4 is 10.1 Å². The van der Waals surface area contributed by atoms with Crippen molar-refractivity contribution in [1.82, 2.24) is 19.7 Å². The molecule has 2 heterocycles. The quantitative estimate of drug-likeness (QED) is 0.101. The molecule has 0 saturated heterocycles. The highest BCUT2D eigenvalue weighted by Crippen LogP contribution is 2.42. The fourth-order valence-corrected chi connectivity index (χ4v) is 6.48. The number of alkyl halides is 1. The Bertz CT molecular complexity index is 1930. The second kappa shape index (κ2) is 14.3. The van der Waals surface area contributed by atoms with Crippen LogP contribution in [0.4, 0.5) is 4.79 Å². The Kier molecular flexibility index (Phi) is 10.4. The SMILES string of the molecule is Cc1c(-c2c(Cl)ccc3c(CCCOc4cccc5ccccc45)c(C(=O)O)n(CCCNC(=O)OC(C)(C)C)c23)c(CCl)nn1C. The molecule has 5 aromatic rings. The van der Waals surface area contributed by atoms with Gasteiger partial charge in [0.1, 0.15) is 17.0 Å². The third-order valence-corrected chi connectivity index (χ3v) is 8.64. The lowest BCUT2D eigenvalue weighted by Crippen LogP contribution is -2.33. The van der Waals surface area contributed by atoms with Crippen molar-refractivity contribution in [3.8, 4) is 16.9 Å². The maximum Gasteiger partial charge on any atom is 0.407 e. The number of alkyl carbamates (subject to hydrolysis) is 1. The van der Waals surface area contributed by atoms with E-state index < -0.39 is 17.7 Å². The van der Waals surface area contributed by atoms with E-state index >= 15 is 0 Å². The zero-order valence-corrected chi connectivity index (χ0v) is 28.8. The number of aromatic carboxylic acids is 1. The lowest BCUT2D eigenvalue weighted by Gasteiger charge is -2.20. The number of ether oxygens (including phenoxy) is 2. The Morgan fingerprint density at radius 3 is 2.47 bits per heavy atom. The molecule has 0 fully saturated rings. The molecule has 2 N–H and O–H groups in total. The Morgan fingerprint density at radius 2 is 1.74 bits per heavy atom. The van der Waals surface area contributed by atoms with Crippen LogP contribution in [-0.4, -0.2) is 50.3 Å². The number of hydrogen-bond donors (Lipinski definition) is 2. The molecule has 0 atom stereocenters. The molecular formula is C36H40Cl2N4O5. The second-order valence-electron chi connectivity index (χ2n) is 12.5. The fraction of sp³-hybridized carbons (Fsp3) is 0.361. The Labute approximate surface area is 284 Å². The van der Waals surface area contributed by atoms with Crippen molar-refractivity contribution in [2.75, 3.05) is 13.2 Å². The number of fused-ring (bicyclic) bond motifs is 2. The monoisotopic (exact) mass is 678 g/mol. The lowest BCUT2D eigenvalue weighted by atomic mass is 9.98. The van der Waals surface area contributed by atoms with Crippen molar-refractivity contribution < 1.29 is 24.2 Å². The van der Waals surface area contributed by atoms with Crippen molar-refractivity contribution in [1.29, 1.82) is 0 Å². The van der Waals surface area contributed by atoms with Crippen LogP contribution in [0.1, 0.15) is 61.1 Å². The van der Waals surface area contributed by atoms with Gasteiger partial charge in [0.05, 0.1) is 28.7 Å². The smallest absolute Gasteiger partial charge is 0.407 e. The van der Waals surface area contributed by atoms with E-state index in [0.717, 1.165) is 33.2 Å². The molecule has 1 amide bonds. The number of nitrogens with one attached hydrogen (secondary N) is 1. The molecule has 0 bridgehead atoms. The number of rotatable bonds is 12. The van der Waals surface area contributed by atoms with Gasteiger partial charge < -0.3 is 24.5 Å². The molecule has 0 aliphatic heterocycles. The van der Waals surface area contributed by atoms with Gasteiger partial charge in [0.25, 0.3) is 0 Å². The first-order chi connectivity index (χ1) is 22.4. The average Bonchev–Trinajstić information content (AvgIpc) is 3.49. The van der Waals surface area contributed by atoms with Gasteiger partial charge in [-0.3, -0.25) is 4.68 Å². The second-order valence-corrected chi connectivity index (χ2v) is 13.2. The third kappa shape index (κ3) is 7.36. The Hall–Kier alpha value is -4.21. The van der Waals surface area contributed by atoms with Crippen molar-refractivity contribution in [3.63, 3.8) is 0 Å². The Morgan fingerprint density at radius 1 is 1.00 bits per heavy atom. The summed E-state index contributed by atoms with van der Waals surface area (Å²) in [6.45, 7) is 8.33. The van der Waals surface area contributed by atoms with Gasteiger partial charge in [0.15, 0.2) is 0 Å². The zero-order valence-electron chi connectivity index (χ0n) is 27.3. The number of amides is 1. The van der Waals surface area contributed by atoms with E-state index in [0.29, 0.717) is 59.8 Å². The average molecular weight is 680 g/mol. The van der Waals surface area contributed by atoms with Crippen LogP contribution in [0.15, 0.2) is 54.6 Å². The summed E-state index contributed by atoms with van der Waals surface area (Å²) in [5.41, 5.74) is 3.92. The minimum atomic E-state index is -1.05. The standard InChI is InChI=1S/C36H40Cl2N4O5/c1-22-30(28(21-37)40-41(22)5)31-27(38)17-16-26-25(14-9-20-46-29-15-8-12-23-11-6-7-13-24(23)29)33(34(43)44)42(32(26)31)19-10-18-39-35(45)47-36(2,3)4/h6-8,11-13,15-17H,9-10,14,18-21H2,1-5H3,(H,39,45)(H,43,44). The maximum atomic E-state index is 13.0. The summed E-state index contributed by atoms with van der Waals surface area (Å²) in [6, 6.07) is 17.7. The number of nitrogens with zero attached hydrogens (tertiary/aromatic N) is 3. The number of carbonyl (C=O) groups excluding carboxylic acids is 1. The number of hydrogen-bond acceptors (Lipinski definition) is 5. The summed E-state index contributed by atoms with van der Waals surface area (Å²) in [7, 11) is 1.84. The minimum Gasteiger partial charge on any atom is -0.493 e. The van der Waals surface area contributed by atoms with Crippen LogP contribution in [0.3, 0.4) is 0 Å². The maximum absolute atomic E-state index is 13.0. The largest absolute Gasteiger partial charge is 0.493 e. The van der Waals surface area contributed by atoms with Crippen LogP contribution in [0.25, 0.3) is 32.8 Å². The highest BCUT2D eigenvalue weighted by molar-refractivity contribution is 6.35. The van der Waals surface area contributed by atoms with Crippen LogP contribution in [0.2, 0.25) is 5.02 Å². The molecule has 9 nitrogen and oxygen atoms in total. The number of carboxylic acid groups (broad SMARTS) is 1. The molecule has 0 spiro atoms.